The van der Waals surface area contributed by atoms with Gasteiger partial charge in [0.25, 0.3) is 0 Å². The first-order chi connectivity index (χ1) is 11.5. The van der Waals surface area contributed by atoms with Gasteiger partial charge in [-0.05, 0) is 17.7 Å². The van der Waals surface area contributed by atoms with E-state index in [0.717, 1.165) is 30.3 Å². The molecule has 0 aliphatic carbocycles. The van der Waals surface area contributed by atoms with E-state index in [4.69, 9.17) is 5.11 Å². The fourth-order valence-electron chi connectivity index (χ4n) is 2.35. The summed E-state index contributed by atoms with van der Waals surface area (Å²) < 4.78 is 81.4. The first-order valence-electron chi connectivity index (χ1n) is 6.75. The maximum Gasteiger partial charge on any atom is 0.573 e. The summed E-state index contributed by atoms with van der Waals surface area (Å²) in [7, 11) is 0. The molecule has 0 aliphatic rings. The van der Waals surface area contributed by atoms with Gasteiger partial charge in [-0.3, -0.25) is 4.79 Å². The second-order valence-corrected chi connectivity index (χ2v) is 4.95. The van der Waals surface area contributed by atoms with Gasteiger partial charge in [0.2, 0.25) is 0 Å². The van der Waals surface area contributed by atoms with E-state index in [9.17, 15) is 31.1 Å². The first-order valence-corrected chi connectivity index (χ1v) is 6.75. The van der Waals surface area contributed by atoms with Gasteiger partial charge in [0.05, 0.1) is 12.0 Å². The van der Waals surface area contributed by atoms with Crippen molar-refractivity contribution in [3.05, 3.63) is 53.6 Å². The van der Waals surface area contributed by atoms with Crippen LogP contribution in [0.2, 0.25) is 0 Å². The molecule has 2 aromatic rings. The van der Waals surface area contributed by atoms with Gasteiger partial charge in [0.15, 0.2) is 0 Å². The molecule has 2 rings (SSSR count). The van der Waals surface area contributed by atoms with Crippen LogP contribution in [0.1, 0.15) is 11.1 Å². The summed E-state index contributed by atoms with van der Waals surface area (Å²) in [4.78, 5) is 10.9. The molecule has 0 spiro atoms. The van der Waals surface area contributed by atoms with Crippen LogP contribution in [-0.2, 0) is 17.4 Å². The van der Waals surface area contributed by atoms with Crippen LogP contribution >= 0.6 is 0 Å². The predicted molar refractivity (Wildman–Crippen MR) is 74.9 cm³/mol. The Morgan fingerprint density at radius 3 is 2.16 bits per heavy atom. The number of carboxylic acids is 1. The van der Waals surface area contributed by atoms with Gasteiger partial charge >= 0.3 is 18.5 Å². The Balaban J connectivity index is 2.75. The van der Waals surface area contributed by atoms with Crippen molar-refractivity contribution < 1.29 is 41.0 Å². The van der Waals surface area contributed by atoms with Gasteiger partial charge in [-0.1, -0.05) is 30.3 Å². The minimum absolute atomic E-state index is 0.277. The second kappa shape index (κ2) is 6.66. The van der Waals surface area contributed by atoms with Gasteiger partial charge in [-0.15, -0.1) is 13.2 Å². The lowest BCUT2D eigenvalue weighted by Crippen LogP contribution is -2.18. The van der Waals surface area contributed by atoms with Crippen molar-refractivity contribution in [1.29, 1.82) is 0 Å². The highest BCUT2D eigenvalue weighted by Crippen LogP contribution is 2.43. The molecule has 1 N–H and O–H groups in total. The third-order valence-electron chi connectivity index (χ3n) is 3.18. The van der Waals surface area contributed by atoms with E-state index in [1.807, 2.05) is 0 Å². The Labute approximate surface area is 137 Å². The molecule has 25 heavy (non-hydrogen) atoms. The zero-order valence-electron chi connectivity index (χ0n) is 12.3. The summed E-state index contributed by atoms with van der Waals surface area (Å²) in [6.45, 7) is 0. The van der Waals surface area contributed by atoms with E-state index in [1.54, 1.807) is 0 Å². The van der Waals surface area contributed by atoms with E-state index < -0.39 is 47.4 Å². The number of hydrogen-bond donors (Lipinski definition) is 1. The summed E-state index contributed by atoms with van der Waals surface area (Å²) in [5.41, 5.74) is -2.67. The van der Waals surface area contributed by atoms with E-state index in [0.29, 0.717) is 6.07 Å². The normalized spacial score (nSPS) is 12.1. The van der Waals surface area contributed by atoms with E-state index in [1.165, 1.54) is 6.07 Å². The Morgan fingerprint density at radius 2 is 1.60 bits per heavy atom. The number of para-hydroxylation sites is 1. The van der Waals surface area contributed by atoms with Crippen LogP contribution in [-0.4, -0.2) is 17.4 Å². The number of rotatable bonds is 4. The third kappa shape index (κ3) is 4.65. The lowest BCUT2D eigenvalue weighted by atomic mass is 9.92. The molecular weight excluding hydrogens is 354 g/mol. The van der Waals surface area contributed by atoms with E-state index in [-0.39, 0.29) is 5.56 Å². The molecule has 0 aromatic heterocycles. The minimum atomic E-state index is -5.11. The van der Waals surface area contributed by atoms with Gasteiger partial charge in [-0.25, -0.2) is 0 Å². The van der Waals surface area contributed by atoms with Crippen molar-refractivity contribution in [2.45, 2.75) is 19.0 Å². The quantitative estimate of drug-likeness (QED) is 0.785. The second-order valence-electron chi connectivity index (χ2n) is 4.95. The molecule has 0 saturated carbocycles. The number of ether oxygens (including phenoxy) is 1. The Hall–Kier alpha value is -2.71. The number of hydrogen-bond acceptors (Lipinski definition) is 2. The molecule has 0 amide bonds. The van der Waals surface area contributed by atoms with Gasteiger partial charge < -0.3 is 9.84 Å². The molecule has 3 nitrogen and oxygen atoms in total. The maximum atomic E-state index is 13.3. The molecule has 0 unspecified atom stereocenters. The summed E-state index contributed by atoms with van der Waals surface area (Å²) in [5.74, 6) is -2.27. The fourth-order valence-corrected chi connectivity index (χ4v) is 2.35. The zero-order chi connectivity index (χ0) is 18.8. The van der Waals surface area contributed by atoms with Gasteiger partial charge in [-0.2, -0.15) is 13.2 Å². The summed E-state index contributed by atoms with van der Waals surface area (Å²) >= 11 is 0. The number of carboxylic acid groups (broad SMARTS) is 1. The van der Waals surface area contributed by atoms with Crippen LogP contribution in [0.25, 0.3) is 11.1 Å². The maximum absolute atomic E-state index is 13.3. The predicted octanol–water partition coefficient (Wildman–Crippen LogP) is 4.90. The van der Waals surface area contributed by atoms with Crippen molar-refractivity contribution in [2.75, 3.05) is 0 Å². The number of alkyl halides is 6. The molecule has 0 atom stereocenters. The molecule has 0 heterocycles. The fraction of sp³-hybridized carbons (Fsp3) is 0.188. The molecule has 0 fully saturated rings. The Morgan fingerprint density at radius 1 is 0.960 bits per heavy atom. The summed E-state index contributed by atoms with van der Waals surface area (Å²) in [5, 5.41) is 8.90. The van der Waals surface area contributed by atoms with Crippen LogP contribution < -0.4 is 4.74 Å². The SMILES string of the molecule is O=C(O)Cc1cccc(C(F)(F)F)c1-c1ccccc1OC(F)(F)F. The third-order valence-corrected chi connectivity index (χ3v) is 3.18. The lowest BCUT2D eigenvalue weighted by molar-refractivity contribution is -0.274. The van der Waals surface area contributed by atoms with Crippen molar-refractivity contribution >= 4 is 5.97 Å². The Bertz CT molecular complexity index is 780. The number of aliphatic carboxylic acids is 1. The number of carbonyl (C=O) groups is 1. The zero-order valence-corrected chi connectivity index (χ0v) is 12.3. The average molecular weight is 364 g/mol. The monoisotopic (exact) mass is 364 g/mol. The van der Waals surface area contributed by atoms with Crippen molar-refractivity contribution in [3.63, 3.8) is 0 Å². The van der Waals surface area contributed by atoms with Crippen LogP contribution in [0.3, 0.4) is 0 Å². The van der Waals surface area contributed by atoms with E-state index >= 15 is 0 Å². The lowest BCUT2D eigenvalue weighted by Gasteiger charge is -2.19. The van der Waals surface area contributed by atoms with Crippen molar-refractivity contribution in [1.82, 2.24) is 0 Å². The number of benzene rings is 2. The summed E-state index contributed by atoms with van der Waals surface area (Å²) in [6.07, 6.45) is -10.8. The molecule has 0 saturated heterocycles. The molecular formula is C16H10F6O3. The number of halogens is 6. The molecule has 0 aliphatic heterocycles. The van der Waals surface area contributed by atoms with Crippen LogP contribution in [0.15, 0.2) is 42.5 Å². The van der Waals surface area contributed by atoms with E-state index in [2.05, 4.69) is 4.74 Å². The van der Waals surface area contributed by atoms with Gasteiger partial charge in [0, 0.05) is 11.1 Å². The van der Waals surface area contributed by atoms with Crippen LogP contribution in [0.4, 0.5) is 26.3 Å². The summed E-state index contributed by atoms with van der Waals surface area (Å²) in [6, 6.07) is 7.05. The highest BCUT2D eigenvalue weighted by Gasteiger charge is 2.37. The molecule has 2 aromatic carbocycles. The Kier molecular flexibility index (Phi) is 4.96. The van der Waals surface area contributed by atoms with Crippen LogP contribution in [0.5, 0.6) is 5.75 Å². The highest BCUT2D eigenvalue weighted by atomic mass is 19.4. The minimum Gasteiger partial charge on any atom is -0.481 e. The molecule has 9 heteroatoms. The largest absolute Gasteiger partial charge is 0.573 e. The van der Waals surface area contributed by atoms with Crippen molar-refractivity contribution in [3.8, 4) is 16.9 Å². The van der Waals surface area contributed by atoms with Crippen LogP contribution in [0, 0.1) is 0 Å². The molecule has 0 radical (unpaired) electrons. The highest BCUT2D eigenvalue weighted by molar-refractivity contribution is 5.81. The van der Waals surface area contributed by atoms with Crippen molar-refractivity contribution in [2.24, 2.45) is 0 Å². The standard InChI is InChI=1S/C16H10F6O3/c17-15(18,19)11-6-3-4-9(8-13(23)24)14(11)10-5-1-2-7-12(10)25-16(20,21)22/h1-7H,8H2,(H,23,24). The topological polar surface area (TPSA) is 46.5 Å². The smallest absolute Gasteiger partial charge is 0.481 e. The van der Waals surface area contributed by atoms with Gasteiger partial charge in [0.1, 0.15) is 5.75 Å². The molecule has 0 bridgehead atoms. The first kappa shape index (κ1) is 18.6. The molecule has 134 valence electrons. The average Bonchev–Trinajstić information content (AvgIpc) is 2.44.